The van der Waals surface area contributed by atoms with Crippen LogP contribution in [0.4, 0.5) is 11.4 Å². The highest BCUT2D eigenvalue weighted by molar-refractivity contribution is 5.95. The molecule has 4 N–H and O–H groups in total. The van der Waals surface area contributed by atoms with Gasteiger partial charge in [-0.2, -0.15) is 0 Å². The van der Waals surface area contributed by atoms with Gasteiger partial charge in [-0.25, -0.2) is 4.79 Å². The number of benzene rings is 1. The zero-order valence-corrected chi connectivity index (χ0v) is 9.53. The third-order valence-electron chi connectivity index (χ3n) is 2.28. The summed E-state index contributed by atoms with van der Waals surface area (Å²) in [6, 6.07) is 4.79. The Balaban J connectivity index is 2.53. The third-order valence-corrected chi connectivity index (χ3v) is 2.28. The molecule has 88 valence electrons. The number of hydrogen-bond donors (Lipinski definition) is 2. The number of rotatable bonds is 5. The minimum absolute atomic E-state index is 0.362. The first-order chi connectivity index (χ1) is 7.65. The minimum atomic E-state index is -0.381. The lowest BCUT2D eigenvalue weighted by Crippen LogP contribution is -2.09. The van der Waals surface area contributed by atoms with Crippen LogP contribution in [-0.4, -0.2) is 12.6 Å². The average Bonchev–Trinajstić information content (AvgIpc) is 2.24. The first kappa shape index (κ1) is 12.4. The van der Waals surface area contributed by atoms with Gasteiger partial charge in [0.1, 0.15) is 0 Å². The molecule has 0 aliphatic carbocycles. The fourth-order valence-corrected chi connectivity index (χ4v) is 1.36. The molecule has 0 spiro atoms. The lowest BCUT2D eigenvalue weighted by atomic mass is 10.1. The number of carbonyl (C=O) groups excluding carboxylic acids is 1. The van der Waals surface area contributed by atoms with Crippen molar-refractivity contribution in [2.45, 2.75) is 26.2 Å². The summed E-state index contributed by atoms with van der Waals surface area (Å²) >= 11 is 0. The highest BCUT2D eigenvalue weighted by Gasteiger charge is 2.10. The molecular formula is C12H18N2O2. The number of esters is 1. The number of hydrogen-bond acceptors (Lipinski definition) is 4. The van der Waals surface area contributed by atoms with Crippen LogP contribution in [0.25, 0.3) is 0 Å². The summed E-state index contributed by atoms with van der Waals surface area (Å²) in [6.07, 6.45) is 3.04. The number of carbonyl (C=O) groups is 1. The van der Waals surface area contributed by atoms with Gasteiger partial charge in [0, 0.05) is 11.4 Å². The van der Waals surface area contributed by atoms with Crippen LogP contribution in [0.3, 0.4) is 0 Å². The van der Waals surface area contributed by atoms with Crippen LogP contribution in [0.15, 0.2) is 18.2 Å². The summed E-state index contributed by atoms with van der Waals surface area (Å²) in [5.41, 5.74) is 12.5. The fourth-order valence-electron chi connectivity index (χ4n) is 1.36. The molecule has 0 fully saturated rings. The van der Waals surface area contributed by atoms with E-state index in [2.05, 4.69) is 6.92 Å². The first-order valence-corrected chi connectivity index (χ1v) is 5.47. The van der Waals surface area contributed by atoms with Gasteiger partial charge < -0.3 is 16.2 Å². The van der Waals surface area contributed by atoms with Crippen molar-refractivity contribution in [3.63, 3.8) is 0 Å². The summed E-state index contributed by atoms with van der Waals surface area (Å²) in [6.45, 7) is 2.54. The molecule has 0 saturated carbocycles. The van der Waals surface area contributed by atoms with Crippen molar-refractivity contribution in [3.05, 3.63) is 23.8 Å². The van der Waals surface area contributed by atoms with Crippen LogP contribution < -0.4 is 11.5 Å². The number of nitrogens with two attached hydrogens (primary N) is 2. The van der Waals surface area contributed by atoms with Gasteiger partial charge in [-0.3, -0.25) is 0 Å². The second kappa shape index (κ2) is 6.00. The lowest BCUT2D eigenvalue weighted by Gasteiger charge is -2.07. The van der Waals surface area contributed by atoms with E-state index in [4.69, 9.17) is 16.2 Å². The van der Waals surface area contributed by atoms with Gasteiger partial charge >= 0.3 is 5.97 Å². The number of anilines is 2. The van der Waals surface area contributed by atoms with E-state index in [0.29, 0.717) is 23.5 Å². The fraction of sp³-hybridized carbons (Fsp3) is 0.417. The molecular weight excluding hydrogens is 204 g/mol. The van der Waals surface area contributed by atoms with Crippen molar-refractivity contribution in [2.24, 2.45) is 0 Å². The van der Waals surface area contributed by atoms with Crippen LogP contribution in [0.1, 0.15) is 36.5 Å². The molecule has 1 aromatic rings. The molecule has 0 aliphatic heterocycles. The monoisotopic (exact) mass is 222 g/mol. The second-order valence-corrected chi connectivity index (χ2v) is 3.69. The predicted molar refractivity (Wildman–Crippen MR) is 65.1 cm³/mol. The van der Waals surface area contributed by atoms with Crippen molar-refractivity contribution in [1.29, 1.82) is 0 Å². The van der Waals surface area contributed by atoms with Gasteiger partial charge in [0.25, 0.3) is 0 Å². The number of ether oxygens (including phenoxy) is 1. The van der Waals surface area contributed by atoms with Crippen LogP contribution in [0.5, 0.6) is 0 Å². The predicted octanol–water partition coefficient (Wildman–Crippen LogP) is 2.20. The molecule has 0 unspecified atom stereocenters. The Hall–Kier alpha value is -1.71. The van der Waals surface area contributed by atoms with E-state index in [1.165, 1.54) is 0 Å². The number of nitrogen functional groups attached to an aromatic ring is 2. The molecule has 4 nitrogen and oxygen atoms in total. The topological polar surface area (TPSA) is 78.3 Å². The maximum absolute atomic E-state index is 11.6. The van der Waals surface area contributed by atoms with Gasteiger partial charge in [0.05, 0.1) is 12.2 Å². The van der Waals surface area contributed by atoms with E-state index in [9.17, 15) is 4.79 Å². The summed E-state index contributed by atoms with van der Waals surface area (Å²) in [4.78, 5) is 11.6. The molecule has 0 bridgehead atoms. The van der Waals surface area contributed by atoms with Crippen molar-refractivity contribution in [3.8, 4) is 0 Å². The molecule has 0 amide bonds. The standard InChI is InChI=1S/C12H18N2O2/c1-2-3-4-7-16-12(15)10-6-5-9(13)8-11(10)14/h5-6,8H,2-4,7,13-14H2,1H3. The smallest absolute Gasteiger partial charge is 0.340 e. The average molecular weight is 222 g/mol. The van der Waals surface area contributed by atoms with Crippen LogP contribution in [0.2, 0.25) is 0 Å². The SMILES string of the molecule is CCCCCOC(=O)c1ccc(N)cc1N. The van der Waals surface area contributed by atoms with E-state index < -0.39 is 0 Å². The summed E-state index contributed by atoms with van der Waals surface area (Å²) in [7, 11) is 0. The summed E-state index contributed by atoms with van der Waals surface area (Å²) in [5, 5.41) is 0. The zero-order valence-electron chi connectivity index (χ0n) is 9.53. The Morgan fingerprint density at radius 2 is 2.06 bits per heavy atom. The molecule has 0 saturated heterocycles. The Morgan fingerprint density at radius 3 is 2.69 bits per heavy atom. The quantitative estimate of drug-likeness (QED) is 0.455. The van der Waals surface area contributed by atoms with Crippen molar-refractivity contribution in [2.75, 3.05) is 18.1 Å². The maximum atomic E-state index is 11.6. The van der Waals surface area contributed by atoms with Crippen LogP contribution in [-0.2, 0) is 4.74 Å². The van der Waals surface area contributed by atoms with Crippen molar-refractivity contribution in [1.82, 2.24) is 0 Å². The summed E-state index contributed by atoms with van der Waals surface area (Å²) < 4.78 is 5.09. The first-order valence-electron chi connectivity index (χ1n) is 5.47. The third kappa shape index (κ3) is 3.46. The Morgan fingerprint density at radius 1 is 1.31 bits per heavy atom. The van der Waals surface area contributed by atoms with E-state index in [1.807, 2.05) is 0 Å². The van der Waals surface area contributed by atoms with E-state index in [0.717, 1.165) is 19.3 Å². The van der Waals surface area contributed by atoms with E-state index in [-0.39, 0.29) is 5.97 Å². The van der Waals surface area contributed by atoms with Crippen LogP contribution in [0, 0.1) is 0 Å². The Bertz CT molecular complexity index is 364. The highest BCUT2D eigenvalue weighted by Crippen LogP contribution is 2.16. The molecule has 0 heterocycles. The van der Waals surface area contributed by atoms with E-state index >= 15 is 0 Å². The zero-order chi connectivity index (χ0) is 12.0. The molecule has 0 aromatic heterocycles. The molecule has 16 heavy (non-hydrogen) atoms. The molecule has 1 rings (SSSR count). The Kier molecular flexibility index (Phi) is 4.64. The summed E-state index contributed by atoms with van der Waals surface area (Å²) in [5.74, 6) is -0.381. The highest BCUT2D eigenvalue weighted by atomic mass is 16.5. The molecule has 1 aromatic carbocycles. The Labute approximate surface area is 95.6 Å². The number of unbranched alkanes of at least 4 members (excludes halogenated alkanes) is 2. The second-order valence-electron chi connectivity index (χ2n) is 3.69. The van der Waals surface area contributed by atoms with Gasteiger partial charge in [0.15, 0.2) is 0 Å². The normalized spacial score (nSPS) is 10.1. The molecule has 0 atom stereocenters. The molecule has 0 radical (unpaired) electrons. The van der Waals surface area contributed by atoms with Gasteiger partial charge in [-0.1, -0.05) is 19.8 Å². The van der Waals surface area contributed by atoms with Crippen molar-refractivity contribution >= 4 is 17.3 Å². The molecule has 0 aliphatic rings. The lowest BCUT2D eigenvalue weighted by molar-refractivity contribution is 0.0499. The van der Waals surface area contributed by atoms with Gasteiger partial charge in [-0.15, -0.1) is 0 Å². The van der Waals surface area contributed by atoms with Crippen molar-refractivity contribution < 1.29 is 9.53 Å². The molecule has 4 heteroatoms. The van der Waals surface area contributed by atoms with Gasteiger partial charge in [-0.05, 0) is 24.6 Å². The van der Waals surface area contributed by atoms with Crippen LogP contribution >= 0.6 is 0 Å². The maximum Gasteiger partial charge on any atom is 0.340 e. The van der Waals surface area contributed by atoms with Gasteiger partial charge in [0.2, 0.25) is 0 Å². The van der Waals surface area contributed by atoms with E-state index in [1.54, 1.807) is 18.2 Å². The minimum Gasteiger partial charge on any atom is -0.462 e. The largest absolute Gasteiger partial charge is 0.462 e.